The third kappa shape index (κ3) is 4.24. The van der Waals surface area contributed by atoms with Gasteiger partial charge in [-0.3, -0.25) is 9.36 Å². The summed E-state index contributed by atoms with van der Waals surface area (Å²) < 4.78 is 1.55. The largest absolute Gasteiger partial charge is 0.478 e. The molecule has 0 unspecified atom stereocenters. The lowest BCUT2D eigenvalue weighted by molar-refractivity contribution is 0.0697. The van der Waals surface area contributed by atoms with Gasteiger partial charge in [0, 0.05) is 0 Å². The van der Waals surface area contributed by atoms with Gasteiger partial charge in [0.2, 0.25) is 0 Å². The number of rotatable bonds is 6. The molecule has 1 aromatic heterocycles. The van der Waals surface area contributed by atoms with Crippen LogP contribution < -0.4 is 5.56 Å². The van der Waals surface area contributed by atoms with Gasteiger partial charge in [0.1, 0.15) is 0 Å². The van der Waals surface area contributed by atoms with Crippen LogP contribution in [0.25, 0.3) is 10.9 Å². The SMILES string of the molecule is O=C(O)c1ccc(Cn2cnc3ccc(CCc4ccccc4)cc3c2=O)cc1. The molecule has 0 aliphatic rings. The average molecular weight is 384 g/mol. The van der Waals surface area contributed by atoms with Crippen LogP contribution in [0, 0.1) is 0 Å². The Hall–Kier alpha value is -3.73. The molecular formula is C24H20N2O3. The van der Waals surface area contributed by atoms with E-state index < -0.39 is 5.97 Å². The van der Waals surface area contributed by atoms with Gasteiger partial charge in [-0.25, -0.2) is 9.78 Å². The van der Waals surface area contributed by atoms with E-state index in [1.54, 1.807) is 35.2 Å². The number of fused-ring (bicyclic) bond motifs is 1. The molecule has 5 heteroatoms. The van der Waals surface area contributed by atoms with Crippen molar-refractivity contribution in [1.82, 2.24) is 9.55 Å². The van der Waals surface area contributed by atoms with Crippen LogP contribution in [0.3, 0.4) is 0 Å². The summed E-state index contributed by atoms with van der Waals surface area (Å²) in [7, 11) is 0. The van der Waals surface area contributed by atoms with Crippen molar-refractivity contribution in [1.29, 1.82) is 0 Å². The minimum Gasteiger partial charge on any atom is -0.478 e. The van der Waals surface area contributed by atoms with Crippen LogP contribution in [0.1, 0.15) is 27.0 Å². The second-order valence-electron chi connectivity index (χ2n) is 7.02. The maximum atomic E-state index is 13.0. The van der Waals surface area contributed by atoms with Crippen molar-refractivity contribution in [3.63, 3.8) is 0 Å². The molecule has 0 spiro atoms. The number of hydrogen-bond acceptors (Lipinski definition) is 3. The van der Waals surface area contributed by atoms with Crippen molar-refractivity contribution in [2.45, 2.75) is 19.4 Å². The van der Waals surface area contributed by atoms with Crippen molar-refractivity contribution >= 4 is 16.9 Å². The van der Waals surface area contributed by atoms with Crippen LogP contribution in [-0.2, 0) is 19.4 Å². The summed E-state index contributed by atoms with van der Waals surface area (Å²) in [5, 5.41) is 9.60. The van der Waals surface area contributed by atoms with E-state index in [1.165, 1.54) is 5.56 Å². The molecule has 4 aromatic rings. The normalized spacial score (nSPS) is 10.9. The number of benzene rings is 3. The molecule has 0 aliphatic carbocycles. The predicted molar refractivity (Wildman–Crippen MR) is 112 cm³/mol. The Morgan fingerprint density at radius 2 is 1.55 bits per heavy atom. The summed E-state index contributed by atoms with van der Waals surface area (Å²) >= 11 is 0. The van der Waals surface area contributed by atoms with Gasteiger partial charge in [-0.05, 0) is 53.8 Å². The molecule has 5 nitrogen and oxygen atoms in total. The topological polar surface area (TPSA) is 72.2 Å². The van der Waals surface area contributed by atoms with Gasteiger partial charge in [0.05, 0.1) is 29.3 Å². The highest BCUT2D eigenvalue weighted by atomic mass is 16.4. The number of aromatic carboxylic acids is 1. The van der Waals surface area contributed by atoms with Crippen molar-refractivity contribution in [3.05, 3.63) is 112 Å². The number of carboxylic acids is 1. The summed E-state index contributed by atoms with van der Waals surface area (Å²) in [6, 6.07) is 22.6. The van der Waals surface area contributed by atoms with E-state index in [0.29, 0.717) is 17.4 Å². The van der Waals surface area contributed by atoms with E-state index in [-0.39, 0.29) is 11.1 Å². The zero-order chi connectivity index (χ0) is 20.2. The first-order chi connectivity index (χ1) is 14.1. The van der Waals surface area contributed by atoms with Gasteiger partial charge in [0.25, 0.3) is 5.56 Å². The molecule has 0 aliphatic heterocycles. The molecule has 1 heterocycles. The van der Waals surface area contributed by atoms with Gasteiger partial charge >= 0.3 is 5.97 Å². The minimum atomic E-state index is -0.968. The van der Waals surface area contributed by atoms with E-state index >= 15 is 0 Å². The molecule has 29 heavy (non-hydrogen) atoms. The van der Waals surface area contributed by atoms with Crippen molar-refractivity contribution < 1.29 is 9.90 Å². The van der Waals surface area contributed by atoms with Crippen LogP contribution in [0.2, 0.25) is 0 Å². The zero-order valence-electron chi connectivity index (χ0n) is 15.8. The van der Waals surface area contributed by atoms with Crippen LogP contribution >= 0.6 is 0 Å². The fourth-order valence-electron chi connectivity index (χ4n) is 3.36. The summed E-state index contributed by atoms with van der Waals surface area (Å²) in [6.07, 6.45) is 3.31. The first kappa shape index (κ1) is 18.6. The summed E-state index contributed by atoms with van der Waals surface area (Å²) in [5.41, 5.74) is 4.01. The maximum Gasteiger partial charge on any atom is 0.335 e. The molecule has 0 radical (unpaired) electrons. The monoisotopic (exact) mass is 384 g/mol. The lowest BCUT2D eigenvalue weighted by Gasteiger charge is -2.09. The van der Waals surface area contributed by atoms with E-state index in [4.69, 9.17) is 5.11 Å². The quantitative estimate of drug-likeness (QED) is 0.547. The van der Waals surface area contributed by atoms with Crippen LogP contribution in [0.15, 0.2) is 83.9 Å². The molecule has 0 saturated carbocycles. The Bertz CT molecular complexity index is 1210. The highest BCUT2D eigenvalue weighted by Crippen LogP contribution is 2.14. The van der Waals surface area contributed by atoms with Crippen LogP contribution in [0.5, 0.6) is 0 Å². The van der Waals surface area contributed by atoms with Crippen LogP contribution in [0.4, 0.5) is 0 Å². The fraction of sp³-hybridized carbons (Fsp3) is 0.125. The van der Waals surface area contributed by atoms with E-state index in [9.17, 15) is 9.59 Å². The molecule has 1 N–H and O–H groups in total. The third-order valence-corrected chi connectivity index (χ3v) is 4.99. The molecular weight excluding hydrogens is 364 g/mol. The summed E-state index contributed by atoms with van der Waals surface area (Å²) in [4.78, 5) is 28.4. The third-order valence-electron chi connectivity index (χ3n) is 4.99. The molecule has 0 atom stereocenters. The number of carboxylic acid groups (broad SMARTS) is 1. The number of aromatic nitrogens is 2. The standard InChI is InChI=1S/C24H20N2O3/c27-23-21-14-18(7-6-17-4-2-1-3-5-17)10-13-22(21)25-16-26(23)15-19-8-11-20(12-9-19)24(28)29/h1-5,8-14,16H,6-7,15H2,(H,28,29). The minimum absolute atomic E-state index is 0.0983. The van der Waals surface area contributed by atoms with E-state index in [1.807, 2.05) is 36.4 Å². The lowest BCUT2D eigenvalue weighted by atomic mass is 10.0. The molecule has 3 aromatic carbocycles. The Labute approximate surface area is 167 Å². The van der Waals surface area contributed by atoms with Crippen molar-refractivity contribution in [3.8, 4) is 0 Å². The number of aryl methyl sites for hydroxylation is 2. The molecule has 0 amide bonds. The van der Waals surface area contributed by atoms with E-state index in [0.717, 1.165) is 24.0 Å². The Kier molecular flexibility index (Phi) is 5.20. The molecule has 4 rings (SSSR count). The van der Waals surface area contributed by atoms with Gasteiger partial charge in [-0.2, -0.15) is 0 Å². The van der Waals surface area contributed by atoms with Gasteiger partial charge in [-0.1, -0.05) is 48.5 Å². The smallest absolute Gasteiger partial charge is 0.335 e. The van der Waals surface area contributed by atoms with Gasteiger partial charge in [-0.15, -0.1) is 0 Å². The summed E-state index contributed by atoms with van der Waals surface area (Å²) in [6.45, 7) is 0.343. The Morgan fingerprint density at radius 3 is 2.28 bits per heavy atom. The Morgan fingerprint density at radius 1 is 0.862 bits per heavy atom. The van der Waals surface area contributed by atoms with Gasteiger partial charge in [0.15, 0.2) is 0 Å². The first-order valence-electron chi connectivity index (χ1n) is 9.44. The van der Waals surface area contributed by atoms with Crippen molar-refractivity contribution in [2.24, 2.45) is 0 Å². The number of hydrogen-bond donors (Lipinski definition) is 1. The summed E-state index contributed by atoms with van der Waals surface area (Å²) in [5.74, 6) is -0.968. The number of carbonyl (C=O) groups is 1. The average Bonchev–Trinajstić information content (AvgIpc) is 2.75. The van der Waals surface area contributed by atoms with Crippen molar-refractivity contribution in [2.75, 3.05) is 0 Å². The van der Waals surface area contributed by atoms with Gasteiger partial charge < -0.3 is 5.11 Å². The number of nitrogens with zero attached hydrogens (tertiary/aromatic N) is 2. The highest BCUT2D eigenvalue weighted by Gasteiger charge is 2.08. The maximum absolute atomic E-state index is 13.0. The second-order valence-corrected chi connectivity index (χ2v) is 7.02. The second kappa shape index (κ2) is 8.10. The molecule has 0 saturated heterocycles. The Balaban J connectivity index is 1.58. The van der Waals surface area contributed by atoms with Crippen LogP contribution in [-0.4, -0.2) is 20.6 Å². The van der Waals surface area contributed by atoms with E-state index in [2.05, 4.69) is 17.1 Å². The highest BCUT2D eigenvalue weighted by molar-refractivity contribution is 5.87. The fourth-order valence-corrected chi connectivity index (χ4v) is 3.36. The molecule has 144 valence electrons. The molecule has 0 bridgehead atoms. The lowest BCUT2D eigenvalue weighted by Crippen LogP contribution is -2.21. The first-order valence-corrected chi connectivity index (χ1v) is 9.44. The molecule has 0 fully saturated rings. The predicted octanol–water partition coefficient (Wildman–Crippen LogP) is 3.93. The zero-order valence-corrected chi connectivity index (χ0v) is 15.8.